The molecule has 0 atom stereocenters. The minimum atomic E-state index is 0.0940. The molecule has 0 spiro atoms. The van der Waals surface area contributed by atoms with Gasteiger partial charge in [0.1, 0.15) is 0 Å². The first-order chi connectivity index (χ1) is 14.1. The Bertz CT molecular complexity index is 962. The second kappa shape index (κ2) is 8.60. The van der Waals surface area contributed by atoms with Crippen molar-refractivity contribution in [3.63, 3.8) is 0 Å². The summed E-state index contributed by atoms with van der Waals surface area (Å²) >= 11 is 1.76. The fourth-order valence-electron chi connectivity index (χ4n) is 4.64. The highest BCUT2D eigenvalue weighted by Gasteiger charge is 2.38. The Hall–Kier alpha value is -2.30. The van der Waals surface area contributed by atoms with Crippen LogP contribution in [0.1, 0.15) is 41.5 Å². The number of hydrogen-bond donors (Lipinski definition) is 2. The third kappa shape index (κ3) is 4.65. The third-order valence-corrected chi connectivity index (χ3v) is 6.74. The molecule has 3 nitrogen and oxygen atoms in total. The Kier molecular flexibility index (Phi) is 5.93. The molecule has 4 heteroatoms. The molecular formula is C25H29N3S. The lowest BCUT2D eigenvalue weighted by Gasteiger charge is -2.28. The maximum Gasteiger partial charge on any atom is 0.0938 e. The van der Waals surface area contributed by atoms with Crippen LogP contribution in [-0.2, 0) is 25.7 Å². The summed E-state index contributed by atoms with van der Waals surface area (Å²) in [6.07, 6.45) is 5.93. The first-order valence-corrected chi connectivity index (χ1v) is 11.3. The number of aromatic nitrogens is 1. The van der Waals surface area contributed by atoms with E-state index in [0.29, 0.717) is 0 Å². The van der Waals surface area contributed by atoms with Gasteiger partial charge in [-0.2, -0.15) is 0 Å². The highest BCUT2D eigenvalue weighted by Crippen LogP contribution is 2.43. The lowest BCUT2D eigenvalue weighted by Crippen LogP contribution is -2.27. The van der Waals surface area contributed by atoms with Crippen LogP contribution in [-0.4, -0.2) is 17.2 Å². The molecular weight excluding hydrogens is 374 g/mol. The zero-order valence-electron chi connectivity index (χ0n) is 17.1. The van der Waals surface area contributed by atoms with Gasteiger partial charge >= 0.3 is 0 Å². The first-order valence-electron chi connectivity index (χ1n) is 10.4. The molecule has 0 unspecified atom stereocenters. The van der Waals surface area contributed by atoms with E-state index in [1.54, 1.807) is 11.3 Å². The van der Waals surface area contributed by atoms with Crippen LogP contribution < -0.4 is 5.73 Å². The smallest absolute Gasteiger partial charge is 0.0938 e. The van der Waals surface area contributed by atoms with Crippen LogP contribution in [0.25, 0.3) is 11.3 Å². The monoisotopic (exact) mass is 403 g/mol. The van der Waals surface area contributed by atoms with Crippen LogP contribution >= 0.6 is 11.3 Å². The summed E-state index contributed by atoms with van der Waals surface area (Å²) in [6, 6.07) is 17.5. The predicted molar refractivity (Wildman–Crippen MR) is 123 cm³/mol. The Labute approximate surface area is 177 Å². The summed E-state index contributed by atoms with van der Waals surface area (Å²) in [5, 5.41) is 11.5. The van der Waals surface area contributed by atoms with Gasteiger partial charge in [0.25, 0.3) is 0 Å². The van der Waals surface area contributed by atoms with E-state index in [-0.39, 0.29) is 5.41 Å². The van der Waals surface area contributed by atoms with Gasteiger partial charge in [0, 0.05) is 23.1 Å². The van der Waals surface area contributed by atoms with Crippen molar-refractivity contribution < 1.29 is 0 Å². The molecule has 0 saturated heterocycles. The van der Waals surface area contributed by atoms with Crippen LogP contribution in [0, 0.1) is 10.8 Å². The van der Waals surface area contributed by atoms with Crippen LogP contribution in [0.15, 0.2) is 53.9 Å². The van der Waals surface area contributed by atoms with Crippen molar-refractivity contribution in [2.24, 2.45) is 11.1 Å². The molecule has 0 fully saturated rings. The molecule has 3 N–H and O–H groups in total. The van der Waals surface area contributed by atoms with Gasteiger partial charge in [-0.1, -0.05) is 48.5 Å². The maximum absolute atomic E-state index is 8.14. The molecule has 3 aromatic rings. The standard InChI is InChI=1S/C25H29N3S/c1-18(27)13-25(14-21-6-2-3-7-22(21)15-25)16-24-28-23(17-29-24)20-10-8-19(9-11-20)5-4-12-26/h2-3,6-11,17,27H,4-5,12-16,26H2,1H3. The lowest BCUT2D eigenvalue weighted by molar-refractivity contribution is 0.315. The number of nitrogens with two attached hydrogens (primary N) is 1. The fourth-order valence-corrected chi connectivity index (χ4v) is 5.62. The molecule has 1 aliphatic carbocycles. The third-order valence-electron chi connectivity index (χ3n) is 5.89. The number of aryl methyl sites for hydroxylation is 1. The fraction of sp³-hybridized carbons (Fsp3) is 0.360. The van der Waals surface area contributed by atoms with Gasteiger partial charge in [-0.15, -0.1) is 11.3 Å². The molecule has 1 aromatic heterocycles. The van der Waals surface area contributed by atoms with E-state index in [4.69, 9.17) is 16.1 Å². The van der Waals surface area contributed by atoms with Crippen molar-refractivity contribution in [3.8, 4) is 11.3 Å². The van der Waals surface area contributed by atoms with Crippen LogP contribution in [0.5, 0.6) is 0 Å². The summed E-state index contributed by atoms with van der Waals surface area (Å²) in [6.45, 7) is 2.67. The molecule has 0 bridgehead atoms. The van der Waals surface area contributed by atoms with Gasteiger partial charge in [0.2, 0.25) is 0 Å². The molecule has 29 heavy (non-hydrogen) atoms. The number of hydrogen-bond acceptors (Lipinski definition) is 4. The predicted octanol–water partition coefficient (Wildman–Crippen LogP) is 5.46. The Morgan fingerprint density at radius 2 is 1.79 bits per heavy atom. The maximum atomic E-state index is 8.14. The average molecular weight is 404 g/mol. The van der Waals surface area contributed by atoms with Gasteiger partial charge in [0.15, 0.2) is 0 Å². The molecule has 1 aliphatic rings. The number of nitrogens with zero attached hydrogens (tertiary/aromatic N) is 1. The molecule has 1 heterocycles. The zero-order chi connectivity index (χ0) is 20.3. The van der Waals surface area contributed by atoms with E-state index in [1.807, 2.05) is 6.92 Å². The average Bonchev–Trinajstić information content (AvgIpc) is 3.30. The van der Waals surface area contributed by atoms with Crippen LogP contribution in [0.2, 0.25) is 0 Å². The molecule has 0 saturated carbocycles. The van der Waals surface area contributed by atoms with Crippen molar-refractivity contribution in [2.45, 2.75) is 45.4 Å². The summed E-state index contributed by atoms with van der Waals surface area (Å²) in [4.78, 5) is 4.98. The lowest BCUT2D eigenvalue weighted by atomic mass is 9.77. The molecule has 0 aliphatic heterocycles. The largest absolute Gasteiger partial charge is 0.330 e. The number of nitrogens with one attached hydrogen (secondary N) is 1. The topological polar surface area (TPSA) is 62.8 Å². The van der Waals surface area contributed by atoms with Crippen molar-refractivity contribution in [2.75, 3.05) is 6.54 Å². The Morgan fingerprint density at radius 3 is 2.41 bits per heavy atom. The minimum Gasteiger partial charge on any atom is -0.330 e. The summed E-state index contributed by atoms with van der Waals surface area (Å²) in [7, 11) is 0. The van der Waals surface area contributed by atoms with Crippen molar-refractivity contribution in [1.29, 1.82) is 5.41 Å². The Balaban J connectivity index is 1.52. The van der Waals surface area contributed by atoms with Crippen molar-refractivity contribution >= 4 is 17.0 Å². The summed E-state index contributed by atoms with van der Waals surface area (Å²) < 4.78 is 0. The molecule has 0 radical (unpaired) electrons. The van der Waals surface area contributed by atoms with Gasteiger partial charge in [-0.25, -0.2) is 4.98 Å². The van der Waals surface area contributed by atoms with E-state index in [2.05, 4.69) is 53.9 Å². The number of benzene rings is 2. The minimum absolute atomic E-state index is 0.0940. The number of fused-ring (bicyclic) bond motifs is 1. The van der Waals surface area contributed by atoms with E-state index in [9.17, 15) is 0 Å². The van der Waals surface area contributed by atoms with Crippen molar-refractivity contribution in [3.05, 3.63) is 75.6 Å². The highest BCUT2D eigenvalue weighted by molar-refractivity contribution is 7.09. The SMILES string of the molecule is CC(=N)CC1(Cc2nc(-c3ccc(CCCN)cc3)cs2)Cc2ccccc2C1. The summed E-state index contributed by atoms with van der Waals surface area (Å²) in [5.41, 5.74) is 12.9. The van der Waals surface area contributed by atoms with Gasteiger partial charge < -0.3 is 11.1 Å². The van der Waals surface area contributed by atoms with Gasteiger partial charge in [-0.3, -0.25) is 0 Å². The molecule has 2 aromatic carbocycles. The Morgan fingerprint density at radius 1 is 1.10 bits per heavy atom. The number of rotatable bonds is 8. The van der Waals surface area contributed by atoms with Gasteiger partial charge in [-0.05, 0) is 67.7 Å². The van der Waals surface area contributed by atoms with Crippen LogP contribution in [0.4, 0.5) is 0 Å². The quantitative estimate of drug-likeness (QED) is 0.491. The van der Waals surface area contributed by atoms with E-state index in [1.165, 1.54) is 27.3 Å². The second-order valence-electron chi connectivity index (χ2n) is 8.47. The zero-order valence-corrected chi connectivity index (χ0v) is 17.9. The van der Waals surface area contributed by atoms with E-state index >= 15 is 0 Å². The summed E-state index contributed by atoms with van der Waals surface area (Å²) in [5.74, 6) is 0. The van der Waals surface area contributed by atoms with Crippen molar-refractivity contribution in [1.82, 2.24) is 4.98 Å². The van der Waals surface area contributed by atoms with Gasteiger partial charge in [0.05, 0.1) is 10.7 Å². The first kappa shape index (κ1) is 20.0. The van der Waals surface area contributed by atoms with E-state index in [0.717, 1.165) is 56.5 Å². The molecule has 150 valence electrons. The molecule has 4 rings (SSSR count). The normalized spacial score (nSPS) is 14.7. The van der Waals surface area contributed by atoms with E-state index < -0.39 is 0 Å². The number of thiazole rings is 1. The molecule has 0 amide bonds. The van der Waals surface area contributed by atoms with Crippen LogP contribution in [0.3, 0.4) is 0 Å². The second-order valence-corrected chi connectivity index (χ2v) is 9.41. The highest BCUT2D eigenvalue weighted by atomic mass is 32.1.